The van der Waals surface area contributed by atoms with Crippen molar-refractivity contribution in [3.8, 4) is 0 Å². The maximum absolute atomic E-state index is 7.88. The molecule has 1 N–H and O–H groups in total. The Morgan fingerprint density at radius 3 is 2.53 bits per heavy atom. The van der Waals surface area contributed by atoms with Gasteiger partial charge in [0.05, 0.1) is 5.71 Å². The van der Waals surface area contributed by atoms with Crippen LogP contribution < -0.4 is 0 Å². The van der Waals surface area contributed by atoms with Crippen LogP contribution in [0.5, 0.6) is 0 Å². The largest absolute Gasteiger partial charge is 0.353 e. The molecular formula is C11H17NO2S. The van der Waals surface area contributed by atoms with Crippen molar-refractivity contribution >= 4 is 17.0 Å². The molecule has 0 aliphatic heterocycles. The molecule has 0 unspecified atom stereocenters. The van der Waals surface area contributed by atoms with Crippen LogP contribution in [0.1, 0.15) is 25.1 Å². The van der Waals surface area contributed by atoms with Crippen LogP contribution in [0.25, 0.3) is 0 Å². The highest BCUT2D eigenvalue weighted by Gasteiger charge is 2.12. The average Bonchev–Trinajstić information content (AvgIpc) is 2.71. The van der Waals surface area contributed by atoms with Crippen LogP contribution in [0, 0.1) is 5.41 Å². The Kier molecular flexibility index (Phi) is 5.53. The third kappa shape index (κ3) is 4.11. The summed E-state index contributed by atoms with van der Waals surface area (Å²) in [6.07, 6.45) is 0.233. The minimum Gasteiger partial charge on any atom is -0.353 e. The van der Waals surface area contributed by atoms with E-state index in [1.165, 1.54) is 0 Å². The number of rotatable bonds is 7. The summed E-state index contributed by atoms with van der Waals surface area (Å²) in [5.41, 5.74) is 0.580. The second kappa shape index (κ2) is 6.71. The third-order valence-electron chi connectivity index (χ3n) is 1.89. The quantitative estimate of drug-likeness (QED) is 0.575. The van der Waals surface area contributed by atoms with Gasteiger partial charge in [-0.25, -0.2) is 0 Å². The second-order valence-corrected chi connectivity index (χ2v) is 3.95. The summed E-state index contributed by atoms with van der Waals surface area (Å²) >= 11 is 1.57. The van der Waals surface area contributed by atoms with Gasteiger partial charge in [0.1, 0.15) is 0 Å². The number of thiophene rings is 1. The van der Waals surface area contributed by atoms with Crippen molar-refractivity contribution in [1.29, 1.82) is 5.41 Å². The zero-order valence-corrected chi connectivity index (χ0v) is 9.97. The van der Waals surface area contributed by atoms with Crippen molar-refractivity contribution in [3.63, 3.8) is 0 Å². The summed E-state index contributed by atoms with van der Waals surface area (Å²) in [6.45, 7) is 5.09. The van der Waals surface area contributed by atoms with Crippen molar-refractivity contribution < 1.29 is 9.47 Å². The Balaban J connectivity index is 2.47. The van der Waals surface area contributed by atoms with Crippen LogP contribution in [-0.2, 0) is 9.47 Å². The molecular weight excluding hydrogens is 210 g/mol. The van der Waals surface area contributed by atoms with Crippen LogP contribution in [0.2, 0.25) is 0 Å². The van der Waals surface area contributed by atoms with Gasteiger partial charge >= 0.3 is 0 Å². The first-order valence-corrected chi connectivity index (χ1v) is 6.00. The fraction of sp³-hybridized carbons (Fsp3) is 0.545. The lowest BCUT2D eigenvalue weighted by Gasteiger charge is -2.16. The molecule has 0 aliphatic rings. The fourth-order valence-corrected chi connectivity index (χ4v) is 1.94. The van der Waals surface area contributed by atoms with E-state index in [-0.39, 0.29) is 6.29 Å². The molecule has 0 radical (unpaired) electrons. The fourth-order valence-electron chi connectivity index (χ4n) is 1.26. The smallest absolute Gasteiger partial charge is 0.163 e. The van der Waals surface area contributed by atoms with Gasteiger partial charge in [-0.2, -0.15) is 0 Å². The van der Waals surface area contributed by atoms with Crippen molar-refractivity contribution in [2.45, 2.75) is 26.6 Å². The van der Waals surface area contributed by atoms with E-state index in [2.05, 4.69) is 0 Å². The predicted octanol–water partition coefficient (Wildman–Crippen LogP) is 2.91. The highest BCUT2D eigenvalue weighted by Crippen LogP contribution is 2.14. The SMILES string of the molecule is CCOC(CC(=N)c1cccs1)OCC. The van der Waals surface area contributed by atoms with Crippen molar-refractivity contribution in [2.75, 3.05) is 13.2 Å². The van der Waals surface area contributed by atoms with Crippen molar-refractivity contribution in [2.24, 2.45) is 0 Å². The van der Waals surface area contributed by atoms with Gasteiger partial charge in [-0.3, -0.25) is 0 Å². The first kappa shape index (κ1) is 12.4. The van der Waals surface area contributed by atoms with Gasteiger partial charge in [0, 0.05) is 24.5 Å². The second-order valence-electron chi connectivity index (χ2n) is 3.00. The maximum Gasteiger partial charge on any atom is 0.163 e. The first-order valence-electron chi connectivity index (χ1n) is 5.12. The summed E-state index contributed by atoms with van der Waals surface area (Å²) in [6, 6.07) is 3.90. The van der Waals surface area contributed by atoms with E-state index >= 15 is 0 Å². The molecule has 1 aromatic heterocycles. The van der Waals surface area contributed by atoms with Gasteiger partial charge in [0.25, 0.3) is 0 Å². The number of hydrogen-bond donors (Lipinski definition) is 1. The van der Waals surface area contributed by atoms with Gasteiger partial charge in [0.2, 0.25) is 0 Å². The molecule has 0 atom stereocenters. The van der Waals surface area contributed by atoms with Crippen LogP contribution >= 0.6 is 11.3 Å². The predicted molar refractivity (Wildman–Crippen MR) is 62.8 cm³/mol. The Morgan fingerprint density at radius 1 is 1.40 bits per heavy atom. The summed E-state index contributed by atoms with van der Waals surface area (Å²) in [5.74, 6) is 0. The number of ether oxygens (including phenoxy) is 2. The molecule has 0 saturated heterocycles. The van der Waals surface area contributed by atoms with E-state index < -0.39 is 0 Å². The molecule has 0 fully saturated rings. The molecule has 84 valence electrons. The normalized spacial score (nSPS) is 10.9. The topological polar surface area (TPSA) is 42.3 Å². The minimum atomic E-state index is -0.283. The molecule has 1 aromatic rings. The lowest BCUT2D eigenvalue weighted by Crippen LogP contribution is -2.21. The Morgan fingerprint density at radius 2 is 2.07 bits per heavy atom. The number of hydrogen-bond acceptors (Lipinski definition) is 4. The molecule has 0 saturated carbocycles. The monoisotopic (exact) mass is 227 g/mol. The van der Waals surface area contributed by atoms with Gasteiger partial charge in [0.15, 0.2) is 6.29 Å². The van der Waals surface area contributed by atoms with Crippen LogP contribution in [-0.4, -0.2) is 25.2 Å². The van der Waals surface area contributed by atoms with Gasteiger partial charge < -0.3 is 14.9 Å². The van der Waals surface area contributed by atoms with E-state index in [0.29, 0.717) is 25.3 Å². The molecule has 1 rings (SSSR count). The highest BCUT2D eigenvalue weighted by molar-refractivity contribution is 7.12. The van der Waals surface area contributed by atoms with E-state index in [1.807, 2.05) is 31.4 Å². The molecule has 15 heavy (non-hydrogen) atoms. The van der Waals surface area contributed by atoms with Gasteiger partial charge in [-0.05, 0) is 25.3 Å². The summed E-state index contributed by atoms with van der Waals surface area (Å²) < 4.78 is 10.8. The molecule has 4 heteroatoms. The molecule has 0 bridgehead atoms. The van der Waals surface area contributed by atoms with Crippen LogP contribution in [0.15, 0.2) is 17.5 Å². The number of nitrogens with one attached hydrogen (secondary N) is 1. The molecule has 3 nitrogen and oxygen atoms in total. The van der Waals surface area contributed by atoms with E-state index in [1.54, 1.807) is 11.3 Å². The molecule has 0 spiro atoms. The molecule has 0 amide bonds. The lowest BCUT2D eigenvalue weighted by molar-refractivity contribution is -0.130. The third-order valence-corrected chi connectivity index (χ3v) is 2.82. The lowest BCUT2D eigenvalue weighted by atomic mass is 10.2. The van der Waals surface area contributed by atoms with E-state index in [9.17, 15) is 0 Å². The Hall–Kier alpha value is -0.710. The zero-order chi connectivity index (χ0) is 11.1. The van der Waals surface area contributed by atoms with Gasteiger partial charge in [-0.1, -0.05) is 6.07 Å². The Bertz CT molecular complexity index is 279. The zero-order valence-electron chi connectivity index (χ0n) is 9.16. The van der Waals surface area contributed by atoms with Crippen molar-refractivity contribution in [1.82, 2.24) is 0 Å². The standard InChI is InChI=1S/C11H17NO2S/c1-3-13-11(14-4-2)8-9(12)10-6-5-7-15-10/h5-7,11-12H,3-4,8H2,1-2H3. The molecule has 1 heterocycles. The molecule has 0 aliphatic carbocycles. The van der Waals surface area contributed by atoms with Crippen molar-refractivity contribution in [3.05, 3.63) is 22.4 Å². The van der Waals surface area contributed by atoms with Gasteiger partial charge in [-0.15, -0.1) is 11.3 Å². The van der Waals surface area contributed by atoms with Crippen LogP contribution in [0.3, 0.4) is 0 Å². The van der Waals surface area contributed by atoms with Crippen LogP contribution in [0.4, 0.5) is 0 Å². The van der Waals surface area contributed by atoms with E-state index in [0.717, 1.165) is 4.88 Å². The molecule has 0 aromatic carbocycles. The van der Waals surface area contributed by atoms with E-state index in [4.69, 9.17) is 14.9 Å². The average molecular weight is 227 g/mol. The minimum absolute atomic E-state index is 0.283. The maximum atomic E-state index is 7.88. The summed E-state index contributed by atoms with van der Waals surface area (Å²) in [4.78, 5) is 0.986. The summed E-state index contributed by atoms with van der Waals surface area (Å²) in [5, 5.41) is 9.86. The Labute approximate surface area is 94.5 Å². The summed E-state index contributed by atoms with van der Waals surface area (Å²) in [7, 11) is 0. The highest BCUT2D eigenvalue weighted by atomic mass is 32.1. The first-order chi connectivity index (χ1) is 7.27.